The summed E-state index contributed by atoms with van der Waals surface area (Å²) in [7, 11) is 1.64. The highest BCUT2D eigenvalue weighted by Gasteiger charge is 2.01. The Morgan fingerprint density at radius 1 is 1.70 bits per heavy atom. The first-order valence-electron chi connectivity index (χ1n) is 2.87. The van der Waals surface area contributed by atoms with Gasteiger partial charge in [-0.15, -0.1) is 11.3 Å². The fourth-order valence-corrected chi connectivity index (χ4v) is 1.64. The summed E-state index contributed by atoms with van der Waals surface area (Å²) in [6.45, 7) is 0. The van der Waals surface area contributed by atoms with Gasteiger partial charge in [0, 0.05) is 0 Å². The van der Waals surface area contributed by atoms with Gasteiger partial charge in [-0.25, -0.2) is 0 Å². The van der Waals surface area contributed by atoms with Gasteiger partial charge < -0.3 is 4.74 Å². The van der Waals surface area contributed by atoms with E-state index < -0.39 is 0 Å². The number of hydrogen-bond donors (Lipinski definition) is 0. The Bertz CT molecular complexity index is 338. The van der Waals surface area contributed by atoms with E-state index in [0.717, 1.165) is 10.7 Å². The Balaban J connectivity index is 2.76. The van der Waals surface area contributed by atoms with Crippen molar-refractivity contribution in [2.45, 2.75) is 0 Å². The largest absolute Gasteiger partial charge is 0.480 e. The van der Waals surface area contributed by atoms with Crippen LogP contribution >= 0.6 is 11.3 Å². The van der Waals surface area contributed by atoms with Crippen LogP contribution in [0.3, 0.4) is 0 Å². The molecule has 2 aromatic heterocycles. The van der Waals surface area contributed by atoms with Crippen LogP contribution in [0.5, 0.6) is 5.88 Å². The monoisotopic (exact) mass is 154 g/mol. The molecule has 0 spiro atoms. The summed E-state index contributed by atoms with van der Waals surface area (Å²) in [5.41, 5.74) is 0. The Hall–Kier alpha value is -1.03. The topological polar surface area (TPSA) is 26.5 Å². The van der Waals surface area contributed by atoms with Crippen molar-refractivity contribution in [2.24, 2.45) is 0 Å². The summed E-state index contributed by atoms with van der Waals surface area (Å²) in [5.74, 6) is 0.796. The zero-order chi connectivity index (χ0) is 6.97. The van der Waals surface area contributed by atoms with Crippen molar-refractivity contribution in [2.75, 3.05) is 7.11 Å². The SMILES string of the molecule is COc1csc2ccnn12. The van der Waals surface area contributed by atoms with Crippen LogP contribution in [0.1, 0.15) is 0 Å². The second-order valence-corrected chi connectivity index (χ2v) is 2.75. The molecule has 0 aliphatic heterocycles. The normalized spacial score (nSPS) is 10.5. The summed E-state index contributed by atoms with van der Waals surface area (Å²) < 4.78 is 6.81. The number of ether oxygens (including phenoxy) is 1. The molecule has 0 N–H and O–H groups in total. The third-order valence-electron chi connectivity index (χ3n) is 1.31. The van der Waals surface area contributed by atoms with E-state index in [1.165, 1.54) is 0 Å². The Kier molecular flexibility index (Phi) is 1.14. The Morgan fingerprint density at radius 3 is 3.40 bits per heavy atom. The predicted molar refractivity (Wildman–Crippen MR) is 39.6 cm³/mol. The van der Waals surface area contributed by atoms with Gasteiger partial charge in [0.1, 0.15) is 4.83 Å². The maximum Gasteiger partial charge on any atom is 0.225 e. The molecule has 10 heavy (non-hydrogen) atoms. The minimum Gasteiger partial charge on any atom is -0.480 e. The van der Waals surface area contributed by atoms with E-state index in [0.29, 0.717) is 0 Å². The molecule has 0 bridgehead atoms. The molecule has 0 saturated heterocycles. The van der Waals surface area contributed by atoms with Gasteiger partial charge in [-0.2, -0.15) is 9.61 Å². The van der Waals surface area contributed by atoms with Crippen LogP contribution in [-0.4, -0.2) is 16.7 Å². The Labute approximate surface area is 61.9 Å². The lowest BCUT2D eigenvalue weighted by molar-refractivity contribution is 0.388. The predicted octanol–water partition coefficient (Wildman–Crippen LogP) is 1.40. The lowest BCUT2D eigenvalue weighted by Crippen LogP contribution is -1.88. The molecule has 2 aromatic rings. The highest BCUT2D eigenvalue weighted by Crippen LogP contribution is 2.20. The molecule has 0 aliphatic rings. The first-order valence-corrected chi connectivity index (χ1v) is 3.75. The van der Waals surface area contributed by atoms with Gasteiger partial charge in [-0.05, 0) is 6.07 Å². The lowest BCUT2D eigenvalue weighted by atomic mass is 10.7. The molecule has 0 amide bonds. The lowest BCUT2D eigenvalue weighted by Gasteiger charge is -1.91. The van der Waals surface area contributed by atoms with E-state index in [-0.39, 0.29) is 0 Å². The van der Waals surface area contributed by atoms with Crippen molar-refractivity contribution >= 4 is 16.2 Å². The quantitative estimate of drug-likeness (QED) is 0.620. The summed E-state index contributed by atoms with van der Waals surface area (Å²) in [5, 5.41) is 5.98. The number of rotatable bonds is 1. The number of aromatic nitrogens is 2. The maximum absolute atomic E-state index is 5.04. The molecule has 52 valence electrons. The van der Waals surface area contributed by atoms with Gasteiger partial charge in [-0.3, -0.25) is 0 Å². The van der Waals surface area contributed by atoms with Gasteiger partial charge in [0.15, 0.2) is 0 Å². The number of thiazole rings is 1. The molecule has 0 atom stereocenters. The van der Waals surface area contributed by atoms with E-state index in [9.17, 15) is 0 Å². The number of fused-ring (bicyclic) bond motifs is 1. The zero-order valence-corrected chi connectivity index (χ0v) is 6.26. The van der Waals surface area contributed by atoms with Crippen molar-refractivity contribution in [3.8, 4) is 5.88 Å². The summed E-state index contributed by atoms with van der Waals surface area (Å²) in [6.07, 6.45) is 1.76. The molecule has 0 radical (unpaired) electrons. The van der Waals surface area contributed by atoms with Gasteiger partial charge in [0.25, 0.3) is 0 Å². The molecule has 0 aromatic carbocycles. The first kappa shape index (κ1) is 5.73. The molecule has 3 nitrogen and oxygen atoms in total. The van der Waals surface area contributed by atoms with Crippen molar-refractivity contribution in [1.29, 1.82) is 0 Å². The molecule has 0 unspecified atom stereocenters. The van der Waals surface area contributed by atoms with Gasteiger partial charge in [0.2, 0.25) is 5.88 Å². The molecule has 2 heterocycles. The first-order chi connectivity index (χ1) is 4.92. The Morgan fingerprint density at radius 2 is 2.60 bits per heavy atom. The maximum atomic E-state index is 5.04. The van der Waals surface area contributed by atoms with Gasteiger partial charge >= 0.3 is 0 Å². The van der Waals surface area contributed by atoms with Crippen LogP contribution < -0.4 is 4.74 Å². The van der Waals surface area contributed by atoms with Crippen LogP contribution in [0.25, 0.3) is 4.83 Å². The van der Waals surface area contributed by atoms with Crippen molar-refractivity contribution in [3.05, 3.63) is 17.6 Å². The molecule has 0 saturated carbocycles. The van der Waals surface area contributed by atoms with Gasteiger partial charge in [-0.1, -0.05) is 0 Å². The molecule has 0 aliphatic carbocycles. The van der Waals surface area contributed by atoms with Crippen molar-refractivity contribution in [3.63, 3.8) is 0 Å². The second-order valence-electron chi connectivity index (χ2n) is 1.86. The minimum atomic E-state index is 0.796. The summed E-state index contributed by atoms with van der Waals surface area (Å²) in [6, 6.07) is 1.95. The zero-order valence-electron chi connectivity index (χ0n) is 5.44. The number of hydrogen-bond acceptors (Lipinski definition) is 3. The highest BCUT2D eigenvalue weighted by atomic mass is 32.1. The van der Waals surface area contributed by atoms with Gasteiger partial charge in [0.05, 0.1) is 18.7 Å². The van der Waals surface area contributed by atoms with E-state index in [1.807, 2.05) is 11.4 Å². The molecule has 0 fully saturated rings. The van der Waals surface area contributed by atoms with E-state index in [2.05, 4.69) is 5.10 Å². The fraction of sp³-hybridized carbons (Fsp3) is 0.167. The van der Waals surface area contributed by atoms with Crippen LogP contribution in [0.2, 0.25) is 0 Å². The third kappa shape index (κ3) is 0.623. The fourth-order valence-electron chi connectivity index (χ4n) is 0.841. The van der Waals surface area contributed by atoms with Crippen LogP contribution in [-0.2, 0) is 0 Å². The smallest absolute Gasteiger partial charge is 0.225 e. The third-order valence-corrected chi connectivity index (χ3v) is 2.18. The highest BCUT2D eigenvalue weighted by molar-refractivity contribution is 7.15. The van der Waals surface area contributed by atoms with E-state index in [1.54, 1.807) is 29.2 Å². The van der Waals surface area contributed by atoms with E-state index >= 15 is 0 Å². The van der Waals surface area contributed by atoms with Crippen molar-refractivity contribution < 1.29 is 4.74 Å². The van der Waals surface area contributed by atoms with Crippen LogP contribution in [0.4, 0.5) is 0 Å². The van der Waals surface area contributed by atoms with E-state index in [4.69, 9.17) is 4.74 Å². The number of methoxy groups -OCH3 is 1. The minimum absolute atomic E-state index is 0.796. The van der Waals surface area contributed by atoms with Crippen LogP contribution in [0, 0.1) is 0 Å². The van der Waals surface area contributed by atoms with Crippen molar-refractivity contribution in [1.82, 2.24) is 9.61 Å². The molecular weight excluding hydrogens is 148 g/mol. The standard InChI is InChI=1S/C6H6N2OS/c1-9-5-4-10-6-2-3-7-8(5)6/h2-4H,1H3. The molecule has 2 rings (SSSR count). The molecule has 4 heteroatoms. The molecular formula is C6H6N2OS. The number of nitrogens with zero attached hydrogens (tertiary/aromatic N) is 2. The summed E-state index contributed by atoms with van der Waals surface area (Å²) >= 11 is 1.62. The van der Waals surface area contributed by atoms with Crippen LogP contribution in [0.15, 0.2) is 17.6 Å². The average Bonchev–Trinajstić information content (AvgIpc) is 2.44. The summed E-state index contributed by atoms with van der Waals surface area (Å²) in [4.78, 5) is 1.11. The second kappa shape index (κ2) is 1.98. The average molecular weight is 154 g/mol.